The summed E-state index contributed by atoms with van der Waals surface area (Å²) < 4.78 is 0.964. The van der Waals surface area contributed by atoms with Gasteiger partial charge in [0.05, 0.1) is 10.6 Å². The Bertz CT molecular complexity index is 668. The quantitative estimate of drug-likeness (QED) is 0.722. The van der Waals surface area contributed by atoms with Crippen LogP contribution in [0.5, 0.6) is 0 Å². The van der Waals surface area contributed by atoms with Gasteiger partial charge in [0.15, 0.2) is 0 Å². The number of rotatable bonds is 2. The van der Waals surface area contributed by atoms with Crippen LogP contribution in [0.1, 0.15) is 18.4 Å². The van der Waals surface area contributed by atoms with E-state index in [1.165, 1.54) is 0 Å². The summed E-state index contributed by atoms with van der Waals surface area (Å²) in [4.78, 5) is 25.7. The first-order valence-electron chi connectivity index (χ1n) is 7.08. The maximum atomic E-state index is 11.7. The number of nitrogens with one attached hydrogen (secondary N) is 1. The summed E-state index contributed by atoms with van der Waals surface area (Å²) in [5.41, 5.74) is 8.02. The molecule has 2 heterocycles. The third-order valence-corrected chi connectivity index (χ3v) is 5.17. The summed E-state index contributed by atoms with van der Waals surface area (Å²) in [5.74, 6) is -0.337. The van der Waals surface area contributed by atoms with Gasteiger partial charge in [0.1, 0.15) is 0 Å². The lowest BCUT2D eigenvalue weighted by Crippen LogP contribution is -2.43. The highest BCUT2D eigenvalue weighted by Gasteiger charge is 2.26. The number of carbonyl (C=O) groups is 2. The minimum absolute atomic E-state index is 0. The molecule has 124 valence electrons. The van der Waals surface area contributed by atoms with E-state index in [4.69, 9.17) is 5.73 Å². The van der Waals surface area contributed by atoms with Crippen LogP contribution in [-0.2, 0) is 4.79 Å². The van der Waals surface area contributed by atoms with Crippen molar-refractivity contribution in [3.8, 4) is 0 Å². The van der Waals surface area contributed by atoms with Crippen LogP contribution >= 0.6 is 40.1 Å². The van der Waals surface area contributed by atoms with Gasteiger partial charge in [0, 0.05) is 29.2 Å². The van der Waals surface area contributed by atoms with Crippen molar-refractivity contribution < 1.29 is 9.59 Å². The maximum absolute atomic E-state index is 11.7. The molecule has 0 saturated carbocycles. The highest BCUT2D eigenvalue weighted by Crippen LogP contribution is 2.35. The molecule has 5 nitrogen and oxygen atoms in total. The molecule has 1 atom stereocenters. The molecule has 23 heavy (non-hydrogen) atoms. The van der Waals surface area contributed by atoms with E-state index in [9.17, 15) is 9.59 Å². The fraction of sp³-hybridized carbons (Fsp3) is 0.333. The molecule has 2 amide bonds. The SMILES string of the molecule is Cl.N[C@@H]1CCCN(c2c(Br)cccc2/C=C2\SC(=O)NC2=O)C1. The van der Waals surface area contributed by atoms with Crippen molar-refractivity contribution in [2.24, 2.45) is 5.73 Å². The largest absolute Gasteiger partial charge is 0.369 e. The lowest BCUT2D eigenvalue weighted by molar-refractivity contribution is -0.115. The summed E-state index contributed by atoms with van der Waals surface area (Å²) in [6.07, 6.45) is 3.85. The van der Waals surface area contributed by atoms with Gasteiger partial charge in [-0.1, -0.05) is 12.1 Å². The van der Waals surface area contributed by atoms with Gasteiger partial charge in [0.2, 0.25) is 0 Å². The third kappa shape index (κ3) is 4.09. The van der Waals surface area contributed by atoms with Gasteiger partial charge in [0.25, 0.3) is 11.1 Å². The lowest BCUT2D eigenvalue weighted by atomic mass is 10.0. The number of thioether (sulfide) groups is 1. The van der Waals surface area contributed by atoms with Gasteiger partial charge >= 0.3 is 0 Å². The van der Waals surface area contributed by atoms with Gasteiger partial charge in [-0.25, -0.2) is 0 Å². The number of piperidine rings is 1. The number of hydrogen-bond acceptors (Lipinski definition) is 5. The van der Waals surface area contributed by atoms with Crippen molar-refractivity contribution in [3.05, 3.63) is 33.1 Å². The first-order chi connectivity index (χ1) is 10.5. The highest BCUT2D eigenvalue weighted by atomic mass is 79.9. The molecule has 0 radical (unpaired) electrons. The molecule has 0 bridgehead atoms. The zero-order chi connectivity index (χ0) is 15.7. The molecule has 3 rings (SSSR count). The summed E-state index contributed by atoms with van der Waals surface area (Å²) in [6, 6.07) is 6.00. The molecule has 3 N–H and O–H groups in total. The number of amides is 2. The molecular formula is C15H17BrClN3O2S. The van der Waals surface area contributed by atoms with E-state index in [-0.39, 0.29) is 29.6 Å². The van der Waals surface area contributed by atoms with Crippen LogP contribution in [-0.4, -0.2) is 30.3 Å². The van der Waals surface area contributed by atoms with Gasteiger partial charge in [-0.3, -0.25) is 14.9 Å². The smallest absolute Gasteiger partial charge is 0.290 e. The first kappa shape index (κ1) is 18.3. The van der Waals surface area contributed by atoms with Crippen LogP contribution in [0, 0.1) is 0 Å². The summed E-state index contributed by atoms with van der Waals surface area (Å²) in [7, 11) is 0. The van der Waals surface area contributed by atoms with Gasteiger partial charge in [-0.05, 0) is 52.7 Å². The lowest BCUT2D eigenvalue weighted by Gasteiger charge is -2.34. The van der Waals surface area contributed by atoms with Gasteiger partial charge in [-0.2, -0.15) is 0 Å². The van der Waals surface area contributed by atoms with E-state index in [1.807, 2.05) is 18.2 Å². The number of carbonyl (C=O) groups excluding carboxylic acids is 2. The van der Waals surface area contributed by atoms with Crippen LogP contribution in [0.15, 0.2) is 27.6 Å². The molecule has 1 aromatic carbocycles. The normalized spacial score (nSPS) is 23.0. The topological polar surface area (TPSA) is 75.4 Å². The Balaban J connectivity index is 0.00000192. The Morgan fingerprint density at radius 2 is 2.17 bits per heavy atom. The van der Waals surface area contributed by atoms with Crippen LogP contribution in [0.3, 0.4) is 0 Å². The number of hydrogen-bond donors (Lipinski definition) is 2. The fourth-order valence-corrected chi connectivity index (χ4v) is 4.06. The molecule has 2 aliphatic rings. The number of nitrogens with two attached hydrogens (primary N) is 1. The van der Waals surface area contributed by atoms with Gasteiger partial charge in [-0.15, -0.1) is 12.4 Å². The van der Waals surface area contributed by atoms with Crippen LogP contribution in [0.4, 0.5) is 10.5 Å². The maximum Gasteiger partial charge on any atom is 0.290 e. The molecule has 2 fully saturated rings. The highest BCUT2D eigenvalue weighted by molar-refractivity contribution is 9.10. The molecule has 2 aliphatic heterocycles. The van der Waals surface area contributed by atoms with E-state index in [0.29, 0.717) is 4.91 Å². The summed E-state index contributed by atoms with van der Waals surface area (Å²) in [5, 5.41) is 1.95. The molecule has 0 aromatic heterocycles. The Hall–Kier alpha value is -1.02. The summed E-state index contributed by atoms with van der Waals surface area (Å²) in [6.45, 7) is 1.72. The van der Waals surface area contributed by atoms with E-state index in [0.717, 1.165) is 53.4 Å². The zero-order valence-electron chi connectivity index (χ0n) is 12.3. The van der Waals surface area contributed by atoms with Crippen molar-refractivity contribution in [1.29, 1.82) is 0 Å². The molecule has 8 heteroatoms. The monoisotopic (exact) mass is 417 g/mol. The molecule has 0 aliphatic carbocycles. The van der Waals surface area contributed by atoms with Crippen molar-refractivity contribution in [3.63, 3.8) is 0 Å². The Morgan fingerprint density at radius 1 is 1.39 bits per heavy atom. The minimum Gasteiger partial charge on any atom is -0.369 e. The Morgan fingerprint density at radius 3 is 2.83 bits per heavy atom. The van der Waals surface area contributed by atoms with E-state index in [1.54, 1.807) is 6.08 Å². The number of para-hydroxylation sites is 1. The average molecular weight is 419 g/mol. The molecule has 0 unspecified atom stereocenters. The van der Waals surface area contributed by atoms with Crippen molar-refractivity contribution in [2.75, 3.05) is 18.0 Å². The van der Waals surface area contributed by atoms with E-state index >= 15 is 0 Å². The first-order valence-corrected chi connectivity index (χ1v) is 8.69. The molecular weight excluding hydrogens is 402 g/mol. The number of benzene rings is 1. The summed E-state index contributed by atoms with van der Waals surface area (Å²) >= 11 is 4.53. The second kappa shape index (κ2) is 7.70. The second-order valence-electron chi connectivity index (χ2n) is 5.38. The predicted molar refractivity (Wildman–Crippen MR) is 99.9 cm³/mol. The Kier molecular flexibility index (Phi) is 6.13. The predicted octanol–water partition coefficient (Wildman–Crippen LogP) is 3.12. The number of nitrogens with zero attached hydrogens (tertiary/aromatic N) is 1. The second-order valence-corrected chi connectivity index (χ2v) is 7.25. The van der Waals surface area contributed by atoms with Crippen LogP contribution in [0.25, 0.3) is 6.08 Å². The van der Waals surface area contributed by atoms with Gasteiger partial charge < -0.3 is 10.6 Å². The zero-order valence-corrected chi connectivity index (χ0v) is 15.5. The van der Waals surface area contributed by atoms with E-state index in [2.05, 4.69) is 26.1 Å². The number of anilines is 1. The molecule has 0 spiro atoms. The van der Waals surface area contributed by atoms with Crippen LogP contribution in [0.2, 0.25) is 0 Å². The van der Waals surface area contributed by atoms with E-state index < -0.39 is 0 Å². The van der Waals surface area contributed by atoms with Crippen LogP contribution < -0.4 is 16.0 Å². The Labute approximate surface area is 153 Å². The number of halogens is 2. The fourth-order valence-electron chi connectivity index (χ4n) is 2.76. The molecule has 1 aromatic rings. The average Bonchev–Trinajstić information content (AvgIpc) is 2.77. The number of imide groups is 1. The molecule has 2 saturated heterocycles. The van der Waals surface area contributed by atoms with Crippen molar-refractivity contribution in [2.45, 2.75) is 18.9 Å². The van der Waals surface area contributed by atoms with Crippen molar-refractivity contribution in [1.82, 2.24) is 5.32 Å². The third-order valence-electron chi connectivity index (χ3n) is 3.72. The standard InChI is InChI=1S/C15H16BrN3O2S.ClH/c16-11-5-1-3-9(7-12-14(20)18-15(21)22-12)13(11)19-6-2-4-10(17)8-19;/h1,3,5,7,10H,2,4,6,8,17H2,(H,18,20,21);1H/b12-7-;/t10-;/m1./s1. The van der Waals surface area contributed by atoms with Crippen molar-refractivity contribution >= 4 is 63.0 Å². The minimum atomic E-state index is -0.337.